The lowest BCUT2D eigenvalue weighted by Crippen LogP contribution is -2.50. The highest BCUT2D eigenvalue weighted by Gasteiger charge is 2.37. The summed E-state index contributed by atoms with van der Waals surface area (Å²) in [5.74, 6) is -0.737. The van der Waals surface area contributed by atoms with Crippen molar-refractivity contribution >= 4 is 21.8 Å². The number of hydrogen-bond donors (Lipinski definition) is 0. The van der Waals surface area contributed by atoms with E-state index in [2.05, 4.69) is 6.92 Å². The van der Waals surface area contributed by atoms with Crippen LogP contribution in [0.3, 0.4) is 0 Å². The minimum Gasteiger partial charge on any atom is -0.341 e. The minimum atomic E-state index is -3.80. The Balaban J connectivity index is 1.82. The lowest BCUT2D eigenvalue weighted by atomic mass is 10.0. The molecule has 2 aliphatic rings. The maximum absolute atomic E-state index is 12.5. The summed E-state index contributed by atoms with van der Waals surface area (Å²) in [7, 11) is -3.80. The van der Waals surface area contributed by atoms with Crippen molar-refractivity contribution in [1.82, 2.24) is 9.21 Å². The molecule has 1 aromatic carbocycles. The quantitative estimate of drug-likeness (QED) is 0.814. The number of nitrogens with zero attached hydrogens (tertiary/aromatic N) is 2. The Morgan fingerprint density at radius 3 is 2.78 bits per heavy atom. The molecule has 23 heavy (non-hydrogen) atoms. The second kappa shape index (κ2) is 5.96. The maximum Gasteiger partial charge on any atom is 0.268 e. The van der Waals surface area contributed by atoms with Gasteiger partial charge in [-0.3, -0.25) is 9.59 Å². The number of carbonyl (C=O) groups is 2. The lowest BCUT2D eigenvalue weighted by Gasteiger charge is -2.33. The Kier molecular flexibility index (Phi) is 4.14. The number of carbonyl (C=O) groups excluding carboxylic acids is 2. The molecule has 1 unspecified atom stereocenters. The standard InChI is InChI=1S/C16H20N2O4S/c1-12-5-4-8-17(9-12)15(19)10-18-16(20)14-7-3-2-6-13(14)11-23(18,21)22/h2-3,6-7,12H,4-5,8-11H2,1H3. The smallest absolute Gasteiger partial charge is 0.268 e. The van der Waals surface area contributed by atoms with E-state index in [1.54, 1.807) is 29.2 Å². The monoisotopic (exact) mass is 336 g/mol. The number of amides is 2. The van der Waals surface area contributed by atoms with Gasteiger partial charge in [-0.05, 0) is 30.4 Å². The van der Waals surface area contributed by atoms with Crippen LogP contribution in [0.15, 0.2) is 24.3 Å². The van der Waals surface area contributed by atoms with Crippen LogP contribution in [-0.2, 0) is 20.6 Å². The van der Waals surface area contributed by atoms with Gasteiger partial charge in [-0.1, -0.05) is 25.1 Å². The topological polar surface area (TPSA) is 74.8 Å². The Hall–Kier alpha value is -1.89. The van der Waals surface area contributed by atoms with Gasteiger partial charge in [0.2, 0.25) is 15.9 Å². The molecular formula is C16H20N2O4S. The molecule has 2 amide bonds. The van der Waals surface area contributed by atoms with E-state index in [9.17, 15) is 18.0 Å². The van der Waals surface area contributed by atoms with E-state index in [0.29, 0.717) is 30.1 Å². The van der Waals surface area contributed by atoms with Gasteiger partial charge in [-0.25, -0.2) is 12.7 Å². The largest absolute Gasteiger partial charge is 0.341 e. The summed E-state index contributed by atoms with van der Waals surface area (Å²) in [6.07, 6.45) is 1.98. The van der Waals surface area contributed by atoms with Gasteiger partial charge in [0, 0.05) is 18.7 Å². The van der Waals surface area contributed by atoms with E-state index < -0.39 is 22.5 Å². The van der Waals surface area contributed by atoms with Crippen LogP contribution in [0, 0.1) is 5.92 Å². The van der Waals surface area contributed by atoms with E-state index in [1.807, 2.05) is 0 Å². The maximum atomic E-state index is 12.5. The van der Waals surface area contributed by atoms with E-state index in [1.165, 1.54) is 0 Å². The first-order valence-corrected chi connectivity index (χ1v) is 9.40. The van der Waals surface area contributed by atoms with Crippen LogP contribution in [0.1, 0.15) is 35.7 Å². The number of hydrogen-bond acceptors (Lipinski definition) is 4. The normalized spacial score (nSPS) is 23.5. The second-order valence-electron chi connectivity index (χ2n) is 6.31. The van der Waals surface area contributed by atoms with Gasteiger partial charge in [0.05, 0.1) is 5.75 Å². The van der Waals surface area contributed by atoms with Crippen molar-refractivity contribution in [3.63, 3.8) is 0 Å². The van der Waals surface area contributed by atoms with Crippen LogP contribution >= 0.6 is 0 Å². The molecule has 0 radical (unpaired) electrons. The van der Waals surface area contributed by atoms with E-state index in [4.69, 9.17) is 0 Å². The summed E-state index contributed by atoms with van der Waals surface area (Å²) < 4.78 is 25.5. The summed E-state index contributed by atoms with van der Waals surface area (Å²) in [6, 6.07) is 6.64. The molecule has 124 valence electrons. The average Bonchev–Trinajstić information content (AvgIpc) is 2.51. The highest BCUT2D eigenvalue weighted by Crippen LogP contribution is 2.25. The Morgan fingerprint density at radius 2 is 2.04 bits per heavy atom. The highest BCUT2D eigenvalue weighted by molar-refractivity contribution is 7.89. The molecule has 3 rings (SSSR count). The zero-order valence-corrected chi connectivity index (χ0v) is 13.9. The van der Waals surface area contributed by atoms with Crippen LogP contribution in [0.25, 0.3) is 0 Å². The van der Waals surface area contributed by atoms with Crippen LogP contribution in [0.2, 0.25) is 0 Å². The lowest BCUT2D eigenvalue weighted by molar-refractivity contribution is -0.132. The van der Waals surface area contributed by atoms with Crippen LogP contribution < -0.4 is 0 Å². The molecule has 7 heteroatoms. The first-order valence-electron chi connectivity index (χ1n) is 7.79. The fourth-order valence-corrected chi connectivity index (χ4v) is 4.66. The Bertz CT molecular complexity index is 744. The third-order valence-electron chi connectivity index (χ3n) is 4.44. The third kappa shape index (κ3) is 3.10. The van der Waals surface area contributed by atoms with Gasteiger partial charge in [-0.2, -0.15) is 0 Å². The Morgan fingerprint density at radius 1 is 1.30 bits per heavy atom. The van der Waals surface area contributed by atoms with Crippen molar-refractivity contribution in [1.29, 1.82) is 0 Å². The zero-order valence-electron chi connectivity index (χ0n) is 13.1. The van der Waals surface area contributed by atoms with Crippen molar-refractivity contribution in [2.24, 2.45) is 5.92 Å². The van der Waals surface area contributed by atoms with Crippen LogP contribution in [-0.4, -0.2) is 49.1 Å². The highest BCUT2D eigenvalue weighted by atomic mass is 32.2. The van der Waals surface area contributed by atoms with Crippen LogP contribution in [0.4, 0.5) is 0 Å². The SMILES string of the molecule is CC1CCCN(C(=O)CN2C(=O)c3ccccc3CS2(=O)=O)C1. The number of likely N-dealkylation sites (tertiary alicyclic amines) is 1. The van der Waals surface area contributed by atoms with Gasteiger partial charge >= 0.3 is 0 Å². The molecule has 1 fully saturated rings. The number of sulfonamides is 1. The second-order valence-corrected chi connectivity index (χ2v) is 8.21. The summed E-state index contributed by atoms with van der Waals surface area (Å²) in [6.45, 7) is 2.92. The Labute approximate surface area is 136 Å². The molecule has 0 N–H and O–H groups in total. The van der Waals surface area contributed by atoms with Gasteiger partial charge in [-0.15, -0.1) is 0 Å². The fourth-order valence-electron chi connectivity index (χ4n) is 3.20. The number of benzene rings is 1. The first-order chi connectivity index (χ1) is 10.9. The molecular weight excluding hydrogens is 316 g/mol. The number of piperidine rings is 1. The van der Waals surface area contributed by atoms with Crippen molar-refractivity contribution in [2.75, 3.05) is 19.6 Å². The van der Waals surface area contributed by atoms with Crippen molar-refractivity contribution < 1.29 is 18.0 Å². The van der Waals surface area contributed by atoms with Crippen LogP contribution in [0.5, 0.6) is 0 Å². The predicted molar refractivity (Wildman–Crippen MR) is 85.1 cm³/mol. The van der Waals surface area contributed by atoms with Gasteiger partial charge in [0.15, 0.2) is 0 Å². The fraction of sp³-hybridized carbons (Fsp3) is 0.500. The summed E-state index contributed by atoms with van der Waals surface area (Å²) in [4.78, 5) is 26.6. The van der Waals surface area contributed by atoms with Crippen molar-refractivity contribution in [3.05, 3.63) is 35.4 Å². The van der Waals surface area contributed by atoms with Gasteiger partial charge in [0.1, 0.15) is 6.54 Å². The van der Waals surface area contributed by atoms with E-state index in [0.717, 1.165) is 17.1 Å². The first kappa shape index (κ1) is 16.0. The molecule has 0 saturated carbocycles. The van der Waals surface area contributed by atoms with E-state index in [-0.39, 0.29) is 11.7 Å². The predicted octanol–water partition coefficient (Wildman–Crippen LogP) is 1.23. The molecule has 1 saturated heterocycles. The molecule has 2 heterocycles. The number of fused-ring (bicyclic) bond motifs is 1. The molecule has 0 aromatic heterocycles. The summed E-state index contributed by atoms with van der Waals surface area (Å²) in [5, 5.41) is 0. The molecule has 1 atom stereocenters. The average molecular weight is 336 g/mol. The molecule has 0 aliphatic carbocycles. The zero-order chi connectivity index (χ0) is 16.6. The summed E-state index contributed by atoms with van der Waals surface area (Å²) in [5.41, 5.74) is 0.856. The van der Waals surface area contributed by atoms with Crippen molar-refractivity contribution in [3.8, 4) is 0 Å². The molecule has 0 bridgehead atoms. The molecule has 0 spiro atoms. The summed E-state index contributed by atoms with van der Waals surface area (Å²) >= 11 is 0. The van der Waals surface area contributed by atoms with Crippen molar-refractivity contribution in [2.45, 2.75) is 25.5 Å². The number of rotatable bonds is 2. The van der Waals surface area contributed by atoms with Gasteiger partial charge in [0.25, 0.3) is 5.91 Å². The molecule has 6 nitrogen and oxygen atoms in total. The van der Waals surface area contributed by atoms with Gasteiger partial charge < -0.3 is 4.90 Å². The van der Waals surface area contributed by atoms with E-state index >= 15 is 0 Å². The molecule has 1 aromatic rings. The minimum absolute atomic E-state index is 0.238. The third-order valence-corrected chi connectivity index (χ3v) is 6.08. The molecule has 2 aliphatic heterocycles.